The van der Waals surface area contributed by atoms with Gasteiger partial charge in [0.05, 0.1) is 12.4 Å². The molecule has 5 nitrogen and oxygen atoms in total. The Bertz CT molecular complexity index is 341. The molecule has 0 aliphatic carbocycles. The average molecular weight is 210 g/mol. The van der Waals surface area contributed by atoms with Gasteiger partial charge in [-0.2, -0.15) is 0 Å². The molecule has 1 heterocycles. The second-order valence-electron chi connectivity index (χ2n) is 4.17. The van der Waals surface area contributed by atoms with E-state index in [0.717, 1.165) is 0 Å². The van der Waals surface area contributed by atoms with Gasteiger partial charge >= 0.3 is 5.97 Å². The Hall–Kier alpha value is -1.65. The van der Waals surface area contributed by atoms with E-state index in [0.29, 0.717) is 11.6 Å². The van der Waals surface area contributed by atoms with Crippen LogP contribution in [0.1, 0.15) is 26.6 Å². The molecule has 0 saturated heterocycles. The fraction of sp³-hybridized carbons (Fsp3) is 0.500. The van der Waals surface area contributed by atoms with Crippen LogP contribution < -0.4 is 4.74 Å². The fourth-order valence-electron chi connectivity index (χ4n) is 0.923. The monoisotopic (exact) mass is 210 g/mol. The normalized spacial score (nSPS) is 11.1. The molecule has 1 rings (SSSR count). The molecule has 0 fully saturated rings. The van der Waals surface area contributed by atoms with Crippen molar-refractivity contribution in [3.05, 3.63) is 18.2 Å². The Morgan fingerprint density at radius 3 is 2.33 bits per heavy atom. The number of carbonyl (C=O) groups is 1. The van der Waals surface area contributed by atoms with Gasteiger partial charge in [-0.15, -0.1) is 0 Å². The third-order valence-electron chi connectivity index (χ3n) is 1.66. The van der Waals surface area contributed by atoms with Gasteiger partial charge in [0.15, 0.2) is 12.4 Å². The van der Waals surface area contributed by atoms with Crippen molar-refractivity contribution in [3.8, 4) is 5.75 Å². The first kappa shape index (κ1) is 11.4. The predicted octanol–water partition coefficient (Wildman–Crippen LogP) is 1.24. The third kappa shape index (κ3) is 3.53. The Balaban J connectivity index is 2.69. The summed E-state index contributed by atoms with van der Waals surface area (Å²) in [6, 6.07) is 0. The van der Waals surface area contributed by atoms with Crippen molar-refractivity contribution in [2.45, 2.75) is 26.2 Å². The summed E-state index contributed by atoms with van der Waals surface area (Å²) in [4.78, 5) is 18.4. The fourth-order valence-corrected chi connectivity index (χ4v) is 0.923. The Kier molecular flexibility index (Phi) is 3.24. The van der Waals surface area contributed by atoms with Gasteiger partial charge in [0, 0.05) is 5.41 Å². The van der Waals surface area contributed by atoms with Gasteiger partial charge in [-0.05, 0) is 0 Å². The van der Waals surface area contributed by atoms with Crippen molar-refractivity contribution in [2.24, 2.45) is 0 Å². The average Bonchev–Trinajstić information content (AvgIpc) is 2.14. The lowest BCUT2D eigenvalue weighted by atomic mass is 9.96. The largest absolute Gasteiger partial charge is 0.479 e. The molecular weight excluding hydrogens is 196 g/mol. The molecule has 15 heavy (non-hydrogen) atoms. The maximum atomic E-state index is 10.2. The molecule has 0 aliphatic rings. The molecule has 0 aliphatic heterocycles. The van der Waals surface area contributed by atoms with Gasteiger partial charge in [-0.1, -0.05) is 20.8 Å². The minimum absolute atomic E-state index is 0.120. The van der Waals surface area contributed by atoms with E-state index >= 15 is 0 Å². The number of rotatable bonds is 3. The predicted molar refractivity (Wildman–Crippen MR) is 53.9 cm³/mol. The molecule has 1 aromatic heterocycles. The van der Waals surface area contributed by atoms with Crippen molar-refractivity contribution in [2.75, 3.05) is 6.61 Å². The van der Waals surface area contributed by atoms with Crippen LogP contribution in [-0.2, 0) is 10.2 Å². The van der Waals surface area contributed by atoms with E-state index in [-0.39, 0.29) is 12.0 Å². The molecule has 0 atom stereocenters. The lowest BCUT2D eigenvalue weighted by molar-refractivity contribution is -0.139. The number of carboxylic acid groups (broad SMARTS) is 1. The minimum atomic E-state index is -1.02. The lowest BCUT2D eigenvalue weighted by Gasteiger charge is -2.15. The zero-order chi connectivity index (χ0) is 11.5. The molecule has 82 valence electrons. The number of ether oxygens (including phenoxy) is 1. The van der Waals surface area contributed by atoms with Gasteiger partial charge in [0.25, 0.3) is 0 Å². The van der Waals surface area contributed by atoms with E-state index in [1.165, 1.54) is 12.4 Å². The molecule has 0 saturated carbocycles. The zero-order valence-electron chi connectivity index (χ0n) is 9.02. The van der Waals surface area contributed by atoms with E-state index in [1.807, 2.05) is 20.8 Å². The third-order valence-corrected chi connectivity index (χ3v) is 1.66. The Labute approximate surface area is 88.1 Å². The van der Waals surface area contributed by atoms with Gasteiger partial charge in [-0.25, -0.2) is 14.8 Å². The summed E-state index contributed by atoms with van der Waals surface area (Å²) in [5.41, 5.74) is -0.120. The summed E-state index contributed by atoms with van der Waals surface area (Å²) in [5.74, 6) is 0.0467. The summed E-state index contributed by atoms with van der Waals surface area (Å²) in [5, 5.41) is 8.39. The van der Waals surface area contributed by atoms with Crippen molar-refractivity contribution in [3.63, 3.8) is 0 Å². The van der Waals surface area contributed by atoms with Crippen LogP contribution in [-0.4, -0.2) is 27.7 Å². The van der Waals surface area contributed by atoms with Gasteiger partial charge in [0.2, 0.25) is 0 Å². The minimum Gasteiger partial charge on any atom is -0.479 e. The van der Waals surface area contributed by atoms with Crippen molar-refractivity contribution in [1.82, 2.24) is 9.97 Å². The SMILES string of the molecule is CC(C)(C)c1ncc(OCC(=O)O)cn1. The van der Waals surface area contributed by atoms with Crippen LogP contribution in [0.25, 0.3) is 0 Å². The highest BCUT2D eigenvalue weighted by Crippen LogP contribution is 2.18. The molecule has 0 unspecified atom stereocenters. The summed E-state index contributed by atoms with van der Waals surface area (Å²) in [6.45, 7) is 5.62. The summed E-state index contributed by atoms with van der Waals surface area (Å²) < 4.78 is 4.91. The molecule has 5 heteroatoms. The quantitative estimate of drug-likeness (QED) is 0.812. The van der Waals surface area contributed by atoms with Crippen LogP contribution in [0.15, 0.2) is 12.4 Å². The molecular formula is C10H14N2O3. The van der Waals surface area contributed by atoms with E-state index in [9.17, 15) is 4.79 Å². The zero-order valence-corrected chi connectivity index (χ0v) is 9.02. The number of aromatic nitrogens is 2. The van der Waals surface area contributed by atoms with Gasteiger partial charge in [0.1, 0.15) is 5.82 Å². The first-order valence-corrected chi connectivity index (χ1v) is 4.57. The van der Waals surface area contributed by atoms with Crippen LogP contribution >= 0.6 is 0 Å². The number of carboxylic acids is 1. The van der Waals surface area contributed by atoms with Crippen LogP contribution in [0.3, 0.4) is 0 Å². The second kappa shape index (κ2) is 4.25. The molecule has 0 bridgehead atoms. The van der Waals surface area contributed by atoms with E-state index < -0.39 is 5.97 Å². The van der Waals surface area contributed by atoms with Crippen LogP contribution in [0.4, 0.5) is 0 Å². The topological polar surface area (TPSA) is 72.3 Å². The van der Waals surface area contributed by atoms with E-state index in [2.05, 4.69) is 9.97 Å². The standard InChI is InChI=1S/C10H14N2O3/c1-10(2,3)9-11-4-7(5-12-9)15-6-8(13)14/h4-5H,6H2,1-3H3,(H,13,14). The highest BCUT2D eigenvalue weighted by Gasteiger charge is 2.16. The first-order chi connectivity index (χ1) is 6.89. The smallest absolute Gasteiger partial charge is 0.341 e. The maximum absolute atomic E-state index is 10.2. The van der Waals surface area contributed by atoms with Crippen molar-refractivity contribution >= 4 is 5.97 Å². The van der Waals surface area contributed by atoms with E-state index in [1.54, 1.807) is 0 Å². The van der Waals surface area contributed by atoms with Crippen LogP contribution in [0.2, 0.25) is 0 Å². The highest BCUT2D eigenvalue weighted by atomic mass is 16.5. The summed E-state index contributed by atoms with van der Waals surface area (Å²) in [7, 11) is 0. The molecule has 0 amide bonds. The second-order valence-corrected chi connectivity index (χ2v) is 4.17. The van der Waals surface area contributed by atoms with E-state index in [4.69, 9.17) is 9.84 Å². The molecule has 0 spiro atoms. The molecule has 0 aromatic carbocycles. The van der Waals surface area contributed by atoms with Gasteiger partial charge in [-0.3, -0.25) is 0 Å². The number of aliphatic carboxylic acids is 1. The Morgan fingerprint density at radius 2 is 1.93 bits per heavy atom. The van der Waals surface area contributed by atoms with Crippen LogP contribution in [0.5, 0.6) is 5.75 Å². The van der Waals surface area contributed by atoms with Crippen LogP contribution in [0, 0.1) is 0 Å². The summed E-state index contributed by atoms with van der Waals surface area (Å²) >= 11 is 0. The lowest BCUT2D eigenvalue weighted by Crippen LogP contribution is -2.16. The summed E-state index contributed by atoms with van der Waals surface area (Å²) in [6.07, 6.45) is 2.97. The van der Waals surface area contributed by atoms with Gasteiger partial charge < -0.3 is 9.84 Å². The maximum Gasteiger partial charge on any atom is 0.341 e. The number of nitrogens with zero attached hydrogens (tertiary/aromatic N) is 2. The first-order valence-electron chi connectivity index (χ1n) is 4.57. The highest BCUT2D eigenvalue weighted by molar-refractivity contribution is 5.68. The number of hydrogen-bond donors (Lipinski definition) is 1. The van der Waals surface area contributed by atoms with Crippen molar-refractivity contribution < 1.29 is 14.6 Å². The molecule has 0 radical (unpaired) electrons. The molecule has 1 N–H and O–H groups in total. The Morgan fingerprint density at radius 1 is 1.40 bits per heavy atom. The molecule has 1 aromatic rings. The van der Waals surface area contributed by atoms with Crippen molar-refractivity contribution in [1.29, 1.82) is 0 Å². The number of hydrogen-bond acceptors (Lipinski definition) is 4.